The van der Waals surface area contributed by atoms with Crippen molar-refractivity contribution in [3.63, 3.8) is 0 Å². The first-order valence-corrected chi connectivity index (χ1v) is 7.84. The average Bonchev–Trinajstić information content (AvgIpc) is 2.56. The SMILES string of the molecule is O=c1ccc2cc(Cl)ccc2[nH]1.[O-][n+]1cccc2cc(Cl)ccc21. The van der Waals surface area contributed by atoms with Crippen molar-refractivity contribution in [1.29, 1.82) is 0 Å². The van der Waals surface area contributed by atoms with Crippen LogP contribution in [-0.4, -0.2) is 4.98 Å². The van der Waals surface area contributed by atoms with E-state index in [9.17, 15) is 10.0 Å². The zero-order chi connectivity index (χ0) is 17.1. The van der Waals surface area contributed by atoms with Crippen LogP contribution in [0.2, 0.25) is 10.0 Å². The van der Waals surface area contributed by atoms with Gasteiger partial charge in [-0.2, -0.15) is 4.73 Å². The Morgan fingerprint density at radius 3 is 2.38 bits per heavy atom. The zero-order valence-corrected chi connectivity index (χ0v) is 13.9. The number of nitrogens with zero attached hydrogens (tertiary/aromatic N) is 1. The van der Waals surface area contributed by atoms with Crippen molar-refractivity contribution < 1.29 is 4.73 Å². The lowest BCUT2D eigenvalue weighted by Gasteiger charge is -1.99. The van der Waals surface area contributed by atoms with Gasteiger partial charge in [0.25, 0.3) is 0 Å². The summed E-state index contributed by atoms with van der Waals surface area (Å²) in [4.78, 5) is 13.6. The molecule has 6 heteroatoms. The monoisotopic (exact) mass is 358 g/mol. The summed E-state index contributed by atoms with van der Waals surface area (Å²) in [6, 6.07) is 17.3. The summed E-state index contributed by atoms with van der Waals surface area (Å²) in [6.07, 6.45) is 1.47. The summed E-state index contributed by atoms with van der Waals surface area (Å²) in [5.41, 5.74) is 1.36. The molecular weight excluding hydrogens is 347 g/mol. The molecule has 2 aromatic carbocycles. The minimum absolute atomic E-state index is 0.0928. The van der Waals surface area contributed by atoms with Gasteiger partial charge in [0, 0.05) is 39.1 Å². The number of pyridine rings is 2. The third kappa shape index (κ3) is 3.67. The number of aromatic nitrogens is 2. The number of nitrogens with one attached hydrogen (secondary N) is 1. The molecule has 0 saturated heterocycles. The molecule has 2 heterocycles. The van der Waals surface area contributed by atoms with E-state index in [-0.39, 0.29) is 5.56 Å². The normalized spacial score (nSPS) is 10.4. The Balaban J connectivity index is 0.000000141. The highest BCUT2D eigenvalue weighted by Crippen LogP contribution is 2.16. The van der Waals surface area contributed by atoms with Crippen molar-refractivity contribution in [2.75, 3.05) is 0 Å². The van der Waals surface area contributed by atoms with Crippen LogP contribution in [0.25, 0.3) is 21.8 Å². The summed E-state index contributed by atoms with van der Waals surface area (Å²) in [7, 11) is 0. The molecular formula is C18H12Cl2N2O2. The van der Waals surface area contributed by atoms with Crippen molar-refractivity contribution in [1.82, 2.24) is 4.98 Å². The van der Waals surface area contributed by atoms with Gasteiger partial charge in [-0.25, -0.2) is 0 Å². The van der Waals surface area contributed by atoms with Crippen LogP contribution in [0.15, 0.2) is 71.7 Å². The van der Waals surface area contributed by atoms with E-state index >= 15 is 0 Å². The number of hydrogen-bond acceptors (Lipinski definition) is 2. The average molecular weight is 359 g/mol. The highest BCUT2D eigenvalue weighted by Gasteiger charge is 2.01. The van der Waals surface area contributed by atoms with Crippen LogP contribution in [0, 0.1) is 5.21 Å². The number of aromatic amines is 1. The Morgan fingerprint density at radius 1 is 0.875 bits per heavy atom. The van der Waals surface area contributed by atoms with Crippen LogP contribution < -0.4 is 10.3 Å². The lowest BCUT2D eigenvalue weighted by Crippen LogP contribution is -2.25. The van der Waals surface area contributed by atoms with E-state index < -0.39 is 0 Å². The van der Waals surface area contributed by atoms with Crippen molar-refractivity contribution in [2.45, 2.75) is 0 Å². The van der Waals surface area contributed by atoms with Gasteiger partial charge >= 0.3 is 0 Å². The second-order valence-electron chi connectivity index (χ2n) is 5.09. The fourth-order valence-electron chi connectivity index (χ4n) is 2.29. The van der Waals surface area contributed by atoms with Crippen LogP contribution in [-0.2, 0) is 0 Å². The van der Waals surface area contributed by atoms with E-state index in [1.54, 1.807) is 42.5 Å². The first-order chi connectivity index (χ1) is 11.5. The lowest BCUT2D eigenvalue weighted by molar-refractivity contribution is -0.577. The number of rotatable bonds is 0. The molecule has 24 heavy (non-hydrogen) atoms. The lowest BCUT2D eigenvalue weighted by atomic mass is 10.2. The topological polar surface area (TPSA) is 59.8 Å². The van der Waals surface area contributed by atoms with E-state index in [4.69, 9.17) is 23.2 Å². The summed E-state index contributed by atoms with van der Waals surface area (Å²) < 4.78 is 0.825. The van der Waals surface area contributed by atoms with E-state index in [1.165, 1.54) is 12.3 Å². The molecule has 4 rings (SSSR count). The molecule has 4 nitrogen and oxygen atoms in total. The number of fused-ring (bicyclic) bond motifs is 2. The molecule has 0 bridgehead atoms. The smallest absolute Gasteiger partial charge is 0.248 e. The van der Waals surface area contributed by atoms with E-state index in [0.29, 0.717) is 15.6 Å². The third-order valence-electron chi connectivity index (χ3n) is 3.41. The Kier molecular flexibility index (Phi) is 4.69. The minimum atomic E-state index is -0.0928. The summed E-state index contributed by atoms with van der Waals surface area (Å²) in [5.74, 6) is 0. The van der Waals surface area contributed by atoms with E-state index in [2.05, 4.69) is 4.98 Å². The largest absolute Gasteiger partial charge is 0.618 e. The minimum Gasteiger partial charge on any atom is -0.618 e. The maximum atomic E-state index is 11.2. The molecule has 0 aliphatic heterocycles. The van der Waals surface area contributed by atoms with Gasteiger partial charge in [0.2, 0.25) is 11.1 Å². The third-order valence-corrected chi connectivity index (χ3v) is 3.88. The predicted molar refractivity (Wildman–Crippen MR) is 97.5 cm³/mol. The number of benzene rings is 2. The molecule has 0 aliphatic rings. The van der Waals surface area contributed by atoms with Crippen molar-refractivity contribution in [3.8, 4) is 0 Å². The van der Waals surface area contributed by atoms with Gasteiger partial charge in [-0.1, -0.05) is 23.2 Å². The van der Waals surface area contributed by atoms with Crippen molar-refractivity contribution in [2.24, 2.45) is 0 Å². The molecule has 0 amide bonds. The van der Waals surface area contributed by atoms with Crippen molar-refractivity contribution in [3.05, 3.63) is 92.5 Å². The number of halogens is 2. The van der Waals surface area contributed by atoms with E-state index in [0.717, 1.165) is 21.0 Å². The molecule has 0 saturated carbocycles. The second kappa shape index (κ2) is 6.91. The fraction of sp³-hybridized carbons (Fsp3) is 0. The van der Waals surface area contributed by atoms with Gasteiger partial charge in [0.15, 0.2) is 6.20 Å². The van der Waals surface area contributed by atoms with Gasteiger partial charge < -0.3 is 10.2 Å². The molecule has 0 radical (unpaired) electrons. The van der Waals surface area contributed by atoms with Gasteiger partial charge in [-0.3, -0.25) is 4.79 Å². The van der Waals surface area contributed by atoms with Crippen LogP contribution in [0.1, 0.15) is 0 Å². The summed E-state index contributed by atoms with van der Waals surface area (Å²) >= 11 is 11.5. The Hall–Kier alpha value is -2.56. The molecule has 0 unspecified atom stereocenters. The van der Waals surface area contributed by atoms with Gasteiger partial charge in [0.1, 0.15) is 0 Å². The molecule has 0 aliphatic carbocycles. The van der Waals surface area contributed by atoms with Gasteiger partial charge in [-0.15, -0.1) is 0 Å². The van der Waals surface area contributed by atoms with Crippen LogP contribution in [0.3, 0.4) is 0 Å². The highest BCUT2D eigenvalue weighted by atomic mass is 35.5. The standard InChI is InChI=1S/2C9H6ClNO/c10-7-2-3-8-6(5-7)1-4-9(12)11-8;10-8-3-4-9-7(6-8)2-1-5-11(9)12/h1-5H,(H,11,12);1-6H. The van der Waals surface area contributed by atoms with E-state index in [1.807, 2.05) is 12.1 Å². The first kappa shape index (κ1) is 16.3. The van der Waals surface area contributed by atoms with Gasteiger partial charge in [-0.05, 0) is 47.9 Å². The Morgan fingerprint density at radius 2 is 1.58 bits per heavy atom. The van der Waals surface area contributed by atoms with Crippen molar-refractivity contribution >= 4 is 45.0 Å². The summed E-state index contributed by atoms with van der Waals surface area (Å²) in [6.45, 7) is 0. The first-order valence-electron chi connectivity index (χ1n) is 7.09. The molecule has 0 spiro atoms. The second-order valence-corrected chi connectivity index (χ2v) is 5.96. The number of hydrogen-bond donors (Lipinski definition) is 1. The fourth-order valence-corrected chi connectivity index (χ4v) is 2.65. The van der Waals surface area contributed by atoms with Crippen LogP contribution in [0.4, 0.5) is 0 Å². The molecule has 0 fully saturated rings. The molecule has 2 aromatic heterocycles. The summed E-state index contributed by atoms with van der Waals surface area (Å²) in [5, 5.41) is 14.3. The molecule has 120 valence electrons. The zero-order valence-electron chi connectivity index (χ0n) is 12.4. The Labute approximate surface area is 147 Å². The molecule has 4 aromatic rings. The number of H-pyrrole nitrogens is 1. The quantitative estimate of drug-likeness (QED) is 0.376. The molecule has 0 atom stereocenters. The predicted octanol–water partition coefficient (Wildman–Crippen LogP) is 4.31. The maximum Gasteiger partial charge on any atom is 0.248 e. The highest BCUT2D eigenvalue weighted by molar-refractivity contribution is 6.31. The molecule has 1 N–H and O–H groups in total. The van der Waals surface area contributed by atoms with Crippen LogP contribution >= 0.6 is 23.2 Å². The van der Waals surface area contributed by atoms with Crippen LogP contribution in [0.5, 0.6) is 0 Å². The van der Waals surface area contributed by atoms with Gasteiger partial charge in [0.05, 0.1) is 0 Å². The Bertz CT molecular complexity index is 1080. The maximum absolute atomic E-state index is 11.2.